The molecule has 1 unspecified atom stereocenters. The lowest BCUT2D eigenvalue weighted by molar-refractivity contribution is -0.167. The summed E-state index contributed by atoms with van der Waals surface area (Å²) in [5.41, 5.74) is 0. The van der Waals surface area contributed by atoms with E-state index in [4.69, 9.17) is 14.2 Å². The molecule has 0 aliphatic heterocycles. The number of esters is 3. The smallest absolute Gasteiger partial charge is 0.306 e. The van der Waals surface area contributed by atoms with Crippen molar-refractivity contribution in [3.05, 3.63) is 72.9 Å². The van der Waals surface area contributed by atoms with Crippen molar-refractivity contribution in [3.63, 3.8) is 0 Å². The highest BCUT2D eigenvalue weighted by Crippen LogP contribution is 2.16. The summed E-state index contributed by atoms with van der Waals surface area (Å²) in [4.78, 5) is 38.0. The molecule has 0 aromatic rings. The van der Waals surface area contributed by atoms with Crippen LogP contribution in [-0.2, 0) is 28.6 Å². The summed E-state index contributed by atoms with van der Waals surface area (Å²) in [6.07, 6.45) is 73.5. The van der Waals surface area contributed by atoms with E-state index < -0.39 is 6.10 Å². The Hall–Kier alpha value is -3.15. The summed E-state index contributed by atoms with van der Waals surface area (Å²) in [5, 5.41) is 0. The van der Waals surface area contributed by atoms with Crippen LogP contribution < -0.4 is 0 Å². The van der Waals surface area contributed by atoms with Gasteiger partial charge in [-0.05, 0) is 89.9 Å². The van der Waals surface area contributed by atoms with Gasteiger partial charge in [0.1, 0.15) is 13.2 Å². The summed E-state index contributed by atoms with van der Waals surface area (Å²) in [6.45, 7) is 6.49. The third-order valence-electron chi connectivity index (χ3n) is 12.7. The molecule has 0 heterocycles. The normalized spacial score (nSPS) is 12.6. The topological polar surface area (TPSA) is 78.9 Å². The van der Waals surface area contributed by atoms with Gasteiger partial charge in [0.05, 0.1) is 0 Å². The fourth-order valence-electron chi connectivity index (χ4n) is 8.29. The summed E-state index contributed by atoms with van der Waals surface area (Å²) in [6, 6.07) is 0. The molecule has 0 rings (SSSR count). The predicted octanol–water partition coefficient (Wildman–Crippen LogP) is 19.8. The fraction of sp³-hybridized carbons (Fsp3) is 0.762. The first-order valence-corrected chi connectivity index (χ1v) is 29.4. The summed E-state index contributed by atoms with van der Waals surface area (Å²) in [5.74, 6) is -0.901. The Balaban J connectivity index is 4.21. The zero-order valence-electron chi connectivity index (χ0n) is 45.6. The van der Waals surface area contributed by atoms with Crippen molar-refractivity contribution in [1.82, 2.24) is 0 Å². The van der Waals surface area contributed by atoms with Crippen molar-refractivity contribution in [3.8, 4) is 0 Å². The average Bonchev–Trinajstić information content (AvgIpc) is 3.35. The molecule has 6 heteroatoms. The molecule has 0 amide bonds. The van der Waals surface area contributed by atoms with Gasteiger partial charge >= 0.3 is 17.9 Å². The number of ether oxygens (including phenoxy) is 3. The quantitative estimate of drug-likeness (QED) is 0.0262. The van der Waals surface area contributed by atoms with Crippen LogP contribution in [0.2, 0.25) is 0 Å². The van der Waals surface area contributed by atoms with E-state index in [1.54, 1.807) is 0 Å². The van der Waals surface area contributed by atoms with Crippen molar-refractivity contribution in [1.29, 1.82) is 0 Å². The zero-order valence-corrected chi connectivity index (χ0v) is 45.6. The molecule has 0 aromatic heterocycles. The molecule has 6 nitrogen and oxygen atoms in total. The van der Waals surface area contributed by atoms with Crippen LogP contribution in [0.3, 0.4) is 0 Å². The average molecular weight is 964 g/mol. The Morgan fingerprint density at radius 2 is 0.565 bits per heavy atom. The fourth-order valence-corrected chi connectivity index (χ4v) is 8.29. The molecule has 398 valence electrons. The van der Waals surface area contributed by atoms with Gasteiger partial charge in [0.25, 0.3) is 0 Å². The van der Waals surface area contributed by atoms with Gasteiger partial charge < -0.3 is 14.2 Å². The Morgan fingerprint density at radius 1 is 0.304 bits per heavy atom. The van der Waals surface area contributed by atoms with Gasteiger partial charge in [-0.15, -0.1) is 0 Å². The van der Waals surface area contributed by atoms with Crippen LogP contribution in [-0.4, -0.2) is 37.2 Å². The first kappa shape index (κ1) is 65.8. The number of rotatable bonds is 53. The number of carbonyl (C=O) groups excluding carboxylic acids is 3. The molecule has 0 bridgehead atoms. The van der Waals surface area contributed by atoms with Crippen LogP contribution in [0.4, 0.5) is 0 Å². The number of allylic oxidation sites excluding steroid dienone is 12. The van der Waals surface area contributed by atoms with Gasteiger partial charge in [-0.2, -0.15) is 0 Å². The molecular weight excluding hydrogens is 853 g/mol. The van der Waals surface area contributed by atoms with Crippen molar-refractivity contribution in [2.24, 2.45) is 0 Å². The van der Waals surface area contributed by atoms with E-state index >= 15 is 0 Å². The molecule has 0 aromatic carbocycles. The minimum absolute atomic E-state index is 0.0822. The lowest BCUT2D eigenvalue weighted by Crippen LogP contribution is -2.30. The van der Waals surface area contributed by atoms with Crippen LogP contribution >= 0.6 is 0 Å². The Labute approximate surface area is 427 Å². The molecule has 1 atom stereocenters. The van der Waals surface area contributed by atoms with Gasteiger partial charge in [0.15, 0.2) is 6.10 Å². The van der Waals surface area contributed by atoms with Crippen molar-refractivity contribution in [2.45, 2.75) is 297 Å². The summed E-state index contributed by atoms with van der Waals surface area (Å²) in [7, 11) is 0. The van der Waals surface area contributed by atoms with Gasteiger partial charge in [-0.25, -0.2) is 0 Å². The number of hydrogen-bond donors (Lipinski definition) is 0. The molecule has 0 spiro atoms. The molecule has 0 aliphatic rings. The minimum Gasteiger partial charge on any atom is -0.462 e. The number of hydrogen-bond acceptors (Lipinski definition) is 6. The summed E-state index contributed by atoms with van der Waals surface area (Å²) >= 11 is 0. The van der Waals surface area contributed by atoms with Crippen LogP contribution in [0.5, 0.6) is 0 Å². The van der Waals surface area contributed by atoms with E-state index in [-0.39, 0.29) is 31.1 Å². The van der Waals surface area contributed by atoms with Gasteiger partial charge in [0.2, 0.25) is 0 Å². The van der Waals surface area contributed by atoms with Crippen molar-refractivity contribution in [2.75, 3.05) is 13.2 Å². The maximum atomic E-state index is 12.8. The van der Waals surface area contributed by atoms with Crippen molar-refractivity contribution < 1.29 is 28.6 Å². The first-order valence-electron chi connectivity index (χ1n) is 29.4. The maximum Gasteiger partial charge on any atom is 0.306 e. The Morgan fingerprint density at radius 3 is 0.899 bits per heavy atom. The second kappa shape index (κ2) is 57.4. The van der Waals surface area contributed by atoms with Gasteiger partial charge in [-0.3, -0.25) is 14.4 Å². The maximum absolute atomic E-state index is 12.8. The van der Waals surface area contributed by atoms with E-state index in [9.17, 15) is 14.4 Å². The van der Waals surface area contributed by atoms with E-state index in [1.165, 1.54) is 141 Å². The van der Waals surface area contributed by atoms with E-state index in [0.29, 0.717) is 19.3 Å². The van der Waals surface area contributed by atoms with Crippen LogP contribution in [0.15, 0.2) is 72.9 Å². The molecule has 0 N–H and O–H groups in total. The lowest BCUT2D eigenvalue weighted by atomic mass is 10.0. The zero-order chi connectivity index (χ0) is 50.0. The Kier molecular flexibility index (Phi) is 54.8. The molecule has 69 heavy (non-hydrogen) atoms. The molecule has 0 saturated carbocycles. The number of unbranched alkanes of at least 4 members (excludes halogenated alkanes) is 30. The highest BCUT2D eigenvalue weighted by Gasteiger charge is 2.19. The van der Waals surface area contributed by atoms with Crippen LogP contribution in [0.1, 0.15) is 290 Å². The van der Waals surface area contributed by atoms with Crippen LogP contribution in [0, 0.1) is 0 Å². The monoisotopic (exact) mass is 963 g/mol. The SMILES string of the molecule is CC/C=C\C/C=C\C/C=C\C/C=C\C/C=C\CCCCCCCC(=O)OC(COC(=O)CCCCCCCCC)COC(=O)CCCCCCCCCCCCC/C=C\CCCCCCCCCC. The predicted molar refractivity (Wildman–Crippen MR) is 298 cm³/mol. The van der Waals surface area contributed by atoms with Gasteiger partial charge in [0, 0.05) is 19.3 Å². The highest BCUT2D eigenvalue weighted by molar-refractivity contribution is 5.71. The van der Waals surface area contributed by atoms with E-state index in [0.717, 1.165) is 109 Å². The largest absolute Gasteiger partial charge is 0.462 e. The lowest BCUT2D eigenvalue weighted by Gasteiger charge is -2.18. The molecule has 0 saturated heterocycles. The second-order valence-corrected chi connectivity index (χ2v) is 19.5. The molecular formula is C63H110O6. The highest BCUT2D eigenvalue weighted by atomic mass is 16.6. The van der Waals surface area contributed by atoms with E-state index in [2.05, 4.69) is 93.7 Å². The summed E-state index contributed by atoms with van der Waals surface area (Å²) < 4.78 is 16.8. The van der Waals surface area contributed by atoms with Crippen molar-refractivity contribution >= 4 is 17.9 Å². The molecule has 0 fully saturated rings. The number of carbonyl (C=O) groups is 3. The van der Waals surface area contributed by atoms with Crippen LogP contribution in [0.25, 0.3) is 0 Å². The van der Waals surface area contributed by atoms with E-state index in [1.807, 2.05) is 0 Å². The minimum atomic E-state index is -0.783. The standard InChI is InChI=1S/C63H110O6/c1-4-7-10-13-16-18-20-22-24-26-28-30-31-33-34-36-38-40-42-44-47-50-53-56-62(65)68-59-60(58-67-61(64)55-52-49-46-15-12-9-6-3)69-63(66)57-54-51-48-45-43-41-39-37-35-32-29-27-25-23-21-19-17-14-11-8-5-2/h8,11,17,19,23,25-26,28-29,32,37,39,60H,4-7,9-10,12-16,18,20-22,24,27,30-31,33-36,38,40-59H2,1-3H3/b11-8-,19-17-,25-23-,28-26-,32-29-,39-37-. The van der Waals surface area contributed by atoms with Gasteiger partial charge in [-0.1, -0.05) is 254 Å². The third kappa shape index (κ3) is 55.6. The molecule has 0 aliphatic carbocycles. The second-order valence-electron chi connectivity index (χ2n) is 19.5. The third-order valence-corrected chi connectivity index (χ3v) is 12.7. The first-order chi connectivity index (χ1) is 34.0. The Bertz CT molecular complexity index is 1290. The molecule has 0 radical (unpaired) electrons.